The van der Waals surface area contributed by atoms with E-state index >= 15 is 0 Å². The lowest BCUT2D eigenvalue weighted by Gasteiger charge is -2.29. The van der Waals surface area contributed by atoms with E-state index in [1.807, 2.05) is 56.3 Å². The van der Waals surface area contributed by atoms with Crippen molar-refractivity contribution in [3.8, 4) is 0 Å². The number of hydrogen-bond acceptors (Lipinski definition) is 3. The fraction of sp³-hybridized carbons (Fsp3) is 0.471. The van der Waals surface area contributed by atoms with Crippen molar-refractivity contribution in [2.45, 2.75) is 26.1 Å². The molecule has 0 aliphatic rings. The van der Waals surface area contributed by atoms with E-state index in [9.17, 15) is 4.79 Å². The third-order valence-corrected chi connectivity index (χ3v) is 3.59. The molecule has 0 bridgehead atoms. The van der Waals surface area contributed by atoms with Crippen LogP contribution in [0.2, 0.25) is 0 Å². The third kappa shape index (κ3) is 4.58. The summed E-state index contributed by atoms with van der Waals surface area (Å²) in [4.78, 5) is 11.0. The van der Waals surface area contributed by atoms with Crippen LogP contribution >= 0.6 is 0 Å². The molecule has 0 saturated carbocycles. The van der Waals surface area contributed by atoms with Crippen molar-refractivity contribution < 1.29 is 14.3 Å². The molecule has 0 heterocycles. The molecule has 0 aromatic heterocycles. The van der Waals surface area contributed by atoms with Gasteiger partial charge in [-0.15, -0.1) is 0 Å². The van der Waals surface area contributed by atoms with Gasteiger partial charge >= 0.3 is 0 Å². The molecule has 20 heavy (non-hydrogen) atoms. The number of aldehydes is 1. The number of methoxy groups -OCH3 is 2. The lowest BCUT2D eigenvalue weighted by atomic mass is 9.89. The van der Waals surface area contributed by atoms with Crippen LogP contribution in [0.15, 0.2) is 36.4 Å². The van der Waals surface area contributed by atoms with E-state index in [1.165, 1.54) is 0 Å². The Hall–Kier alpha value is -1.45. The maximum atomic E-state index is 11.0. The summed E-state index contributed by atoms with van der Waals surface area (Å²) in [5, 5.41) is 0. The highest BCUT2D eigenvalue weighted by molar-refractivity contribution is 5.54. The van der Waals surface area contributed by atoms with Gasteiger partial charge in [-0.1, -0.05) is 56.3 Å². The Balaban J connectivity index is 2.78. The van der Waals surface area contributed by atoms with Crippen molar-refractivity contribution in [3.05, 3.63) is 42.0 Å². The zero-order valence-corrected chi connectivity index (χ0v) is 12.7. The van der Waals surface area contributed by atoms with E-state index in [4.69, 9.17) is 9.47 Å². The van der Waals surface area contributed by atoms with Crippen LogP contribution in [0, 0.1) is 11.8 Å². The maximum absolute atomic E-state index is 11.0. The summed E-state index contributed by atoms with van der Waals surface area (Å²) in [7, 11) is 3.31. The first-order valence-electron chi connectivity index (χ1n) is 6.88. The molecule has 0 N–H and O–H groups in total. The first-order chi connectivity index (χ1) is 9.63. The fourth-order valence-electron chi connectivity index (χ4n) is 2.41. The molecular weight excluding hydrogens is 252 g/mol. The smallest absolute Gasteiger partial charge is 0.125 e. The first-order valence-corrected chi connectivity index (χ1v) is 6.88. The quantitative estimate of drug-likeness (QED) is 0.684. The van der Waals surface area contributed by atoms with Crippen LogP contribution in [0.1, 0.15) is 19.4 Å². The summed E-state index contributed by atoms with van der Waals surface area (Å²) in [6.07, 6.45) is 4.73. The second-order valence-electron chi connectivity index (χ2n) is 5.02. The molecule has 1 aromatic carbocycles. The zero-order valence-electron chi connectivity index (χ0n) is 12.7. The molecule has 0 saturated heterocycles. The largest absolute Gasteiger partial charge is 0.380 e. The van der Waals surface area contributed by atoms with Gasteiger partial charge in [-0.3, -0.25) is 0 Å². The number of ether oxygens (including phenoxy) is 2. The summed E-state index contributed by atoms with van der Waals surface area (Å²) in [5.74, 6) is -0.0667. The molecule has 0 radical (unpaired) electrons. The highest BCUT2D eigenvalue weighted by Crippen LogP contribution is 2.21. The highest BCUT2D eigenvalue weighted by atomic mass is 16.5. The van der Waals surface area contributed by atoms with Crippen molar-refractivity contribution in [1.29, 1.82) is 0 Å². The summed E-state index contributed by atoms with van der Waals surface area (Å²) in [6, 6.07) is 10.1. The van der Waals surface area contributed by atoms with Gasteiger partial charge in [-0.25, -0.2) is 0 Å². The molecule has 0 amide bonds. The third-order valence-electron chi connectivity index (χ3n) is 3.59. The average Bonchev–Trinajstić information content (AvgIpc) is 2.49. The number of benzene rings is 1. The lowest BCUT2D eigenvalue weighted by Crippen LogP contribution is -2.36. The highest BCUT2D eigenvalue weighted by Gasteiger charge is 2.28. The molecule has 3 nitrogen and oxygen atoms in total. The van der Waals surface area contributed by atoms with Gasteiger partial charge in [0.1, 0.15) is 6.29 Å². The monoisotopic (exact) mass is 276 g/mol. The Bertz CT molecular complexity index is 414. The van der Waals surface area contributed by atoms with Crippen LogP contribution < -0.4 is 0 Å². The maximum Gasteiger partial charge on any atom is 0.125 e. The Kier molecular flexibility index (Phi) is 7.20. The van der Waals surface area contributed by atoms with Gasteiger partial charge in [0.2, 0.25) is 0 Å². The molecular formula is C17H24O3. The Labute approximate surface area is 121 Å². The van der Waals surface area contributed by atoms with Crippen LogP contribution in [0.4, 0.5) is 0 Å². The number of carbonyl (C=O) groups excluding carboxylic acids is 1. The van der Waals surface area contributed by atoms with Crippen LogP contribution in [-0.2, 0) is 14.3 Å². The predicted molar refractivity (Wildman–Crippen MR) is 81.5 cm³/mol. The molecule has 1 rings (SSSR count). The van der Waals surface area contributed by atoms with Crippen molar-refractivity contribution in [2.75, 3.05) is 14.2 Å². The van der Waals surface area contributed by atoms with Crippen LogP contribution in [-0.4, -0.2) is 32.7 Å². The van der Waals surface area contributed by atoms with Crippen LogP contribution in [0.5, 0.6) is 0 Å². The Morgan fingerprint density at radius 2 is 1.70 bits per heavy atom. The van der Waals surface area contributed by atoms with Crippen molar-refractivity contribution in [1.82, 2.24) is 0 Å². The van der Waals surface area contributed by atoms with Gasteiger partial charge in [0.05, 0.1) is 12.2 Å². The Morgan fingerprint density at radius 3 is 2.20 bits per heavy atom. The van der Waals surface area contributed by atoms with Gasteiger partial charge < -0.3 is 14.3 Å². The molecule has 0 aliphatic heterocycles. The predicted octanol–water partition coefficient (Wildman–Crippen LogP) is 3.20. The second kappa shape index (κ2) is 8.67. The molecule has 0 unspecified atom stereocenters. The van der Waals surface area contributed by atoms with Gasteiger partial charge in [0, 0.05) is 26.1 Å². The second-order valence-corrected chi connectivity index (χ2v) is 5.02. The molecule has 0 spiro atoms. The summed E-state index contributed by atoms with van der Waals surface area (Å²) in [6.45, 7) is 3.91. The van der Waals surface area contributed by atoms with Crippen molar-refractivity contribution in [2.24, 2.45) is 11.8 Å². The van der Waals surface area contributed by atoms with Crippen molar-refractivity contribution in [3.63, 3.8) is 0 Å². The van der Waals surface area contributed by atoms with E-state index in [2.05, 4.69) is 0 Å². The van der Waals surface area contributed by atoms with Gasteiger partial charge in [0.15, 0.2) is 0 Å². The van der Waals surface area contributed by atoms with Gasteiger partial charge in [-0.2, -0.15) is 0 Å². The Morgan fingerprint density at radius 1 is 1.05 bits per heavy atom. The van der Waals surface area contributed by atoms with Gasteiger partial charge in [0.25, 0.3) is 0 Å². The van der Waals surface area contributed by atoms with Gasteiger partial charge in [-0.05, 0) is 5.56 Å². The fourth-order valence-corrected chi connectivity index (χ4v) is 2.41. The van der Waals surface area contributed by atoms with E-state index in [0.29, 0.717) is 0 Å². The minimum Gasteiger partial charge on any atom is -0.380 e. The van der Waals surface area contributed by atoms with E-state index in [0.717, 1.165) is 11.8 Å². The number of rotatable bonds is 8. The number of carbonyl (C=O) groups is 1. The summed E-state index contributed by atoms with van der Waals surface area (Å²) >= 11 is 0. The standard InChI is InChI=1S/C17H24O3/c1-13(12-18)17(20-4)14(2)16(19-3)11-10-15-8-6-5-7-9-15/h5-14,16-17H,1-4H3/b11-10+/t13-,14+,16-,17-/m0/s1. The molecule has 3 heteroatoms. The topological polar surface area (TPSA) is 35.5 Å². The molecule has 110 valence electrons. The molecule has 0 aliphatic carbocycles. The van der Waals surface area contributed by atoms with Crippen LogP contribution in [0.3, 0.4) is 0 Å². The van der Waals surface area contributed by atoms with E-state index in [1.54, 1.807) is 14.2 Å². The minimum atomic E-state index is -0.155. The molecule has 0 fully saturated rings. The minimum absolute atomic E-state index is 0.0881. The first kappa shape index (κ1) is 16.6. The lowest BCUT2D eigenvalue weighted by molar-refractivity contribution is -0.117. The van der Waals surface area contributed by atoms with Crippen molar-refractivity contribution >= 4 is 12.4 Å². The van der Waals surface area contributed by atoms with E-state index in [-0.39, 0.29) is 24.0 Å². The molecule has 1 aromatic rings. The SMILES string of the molecule is CO[C@H]([C@H](C)[C@H](/C=C/c1ccccc1)OC)[C@@H](C)C=O. The van der Waals surface area contributed by atoms with Crippen LogP contribution in [0.25, 0.3) is 6.08 Å². The molecule has 4 atom stereocenters. The normalized spacial score (nSPS) is 17.6. The average molecular weight is 276 g/mol. The zero-order chi connectivity index (χ0) is 15.0. The summed E-state index contributed by atoms with van der Waals surface area (Å²) < 4.78 is 11.0. The van der Waals surface area contributed by atoms with E-state index < -0.39 is 0 Å². The number of hydrogen-bond donors (Lipinski definition) is 0. The summed E-state index contributed by atoms with van der Waals surface area (Å²) in [5.41, 5.74) is 1.12.